The van der Waals surface area contributed by atoms with Crippen LogP contribution in [0.5, 0.6) is 5.75 Å². The van der Waals surface area contributed by atoms with Crippen LogP contribution in [0.15, 0.2) is 30.4 Å². The number of aryl methyl sites for hydroxylation is 1. The van der Waals surface area contributed by atoms with Crippen LogP contribution in [0.1, 0.15) is 106 Å². The van der Waals surface area contributed by atoms with Crippen LogP contribution in [0.3, 0.4) is 0 Å². The average molecular weight is 375 g/mol. The molecule has 1 aromatic rings. The number of unbranched alkanes of at least 4 members (excludes halogenated alkanes) is 11. The average Bonchev–Trinajstić information content (AvgIpc) is 2.64. The van der Waals surface area contributed by atoms with Crippen molar-refractivity contribution in [3.63, 3.8) is 0 Å². The maximum atomic E-state index is 11.2. The molecule has 0 unspecified atom stereocenters. The van der Waals surface area contributed by atoms with E-state index < -0.39 is 5.97 Å². The van der Waals surface area contributed by atoms with Crippen LogP contribution in [0.4, 0.5) is 0 Å². The molecule has 0 saturated carbocycles. The molecule has 3 nitrogen and oxygen atoms in total. The monoisotopic (exact) mass is 374 g/mol. The Morgan fingerprint density at radius 3 is 2.00 bits per heavy atom. The van der Waals surface area contributed by atoms with Gasteiger partial charge in [-0.2, -0.15) is 0 Å². The summed E-state index contributed by atoms with van der Waals surface area (Å²) in [6.07, 6.45) is 21.7. The molecule has 0 radical (unpaired) electrons. The van der Waals surface area contributed by atoms with Gasteiger partial charge in [0, 0.05) is 0 Å². The number of benzene rings is 1. The number of phenolic OH excluding ortho intramolecular Hbond substituents is 1. The summed E-state index contributed by atoms with van der Waals surface area (Å²) in [6.45, 7) is 2.25. The molecule has 0 amide bonds. The van der Waals surface area contributed by atoms with Gasteiger partial charge in [-0.15, -0.1) is 0 Å². The predicted molar refractivity (Wildman–Crippen MR) is 114 cm³/mol. The van der Waals surface area contributed by atoms with Gasteiger partial charge in [-0.1, -0.05) is 70.4 Å². The number of hydrogen-bond donors (Lipinski definition) is 2. The van der Waals surface area contributed by atoms with E-state index in [2.05, 4.69) is 19.1 Å². The number of phenols is 1. The van der Waals surface area contributed by atoms with Crippen molar-refractivity contribution in [2.24, 2.45) is 0 Å². The summed E-state index contributed by atoms with van der Waals surface area (Å²) < 4.78 is 0. The number of hydrogen-bond acceptors (Lipinski definition) is 2. The first kappa shape index (κ1) is 23.3. The fraction of sp³-hybridized carbons (Fsp3) is 0.625. The van der Waals surface area contributed by atoms with Crippen molar-refractivity contribution in [1.29, 1.82) is 0 Å². The summed E-state index contributed by atoms with van der Waals surface area (Å²) in [5, 5.41) is 18.7. The van der Waals surface area contributed by atoms with E-state index in [1.165, 1.54) is 82.8 Å². The Bertz CT molecular complexity index is 549. The zero-order chi connectivity index (χ0) is 19.7. The third kappa shape index (κ3) is 11.5. The van der Waals surface area contributed by atoms with Gasteiger partial charge in [0.25, 0.3) is 0 Å². The van der Waals surface area contributed by atoms with Gasteiger partial charge in [-0.3, -0.25) is 0 Å². The molecule has 0 aliphatic heterocycles. The van der Waals surface area contributed by atoms with Crippen molar-refractivity contribution in [1.82, 2.24) is 0 Å². The highest BCUT2D eigenvalue weighted by Crippen LogP contribution is 2.20. The van der Waals surface area contributed by atoms with Crippen LogP contribution in [-0.4, -0.2) is 16.2 Å². The molecule has 27 heavy (non-hydrogen) atoms. The van der Waals surface area contributed by atoms with Gasteiger partial charge < -0.3 is 10.2 Å². The Hall–Kier alpha value is -1.77. The van der Waals surface area contributed by atoms with E-state index >= 15 is 0 Å². The standard InChI is InChI=1S/C24H38O3/c1-2-3-4-5-6-7-8-9-10-11-12-13-14-15-16-17-21-20-22(25)18-19-23(21)24(26)27/h7-8,18-20,25H,2-6,9-17H2,1H3,(H,26,27)/b8-7+. The predicted octanol–water partition coefficient (Wildman–Crippen LogP) is 7.28. The third-order valence-corrected chi connectivity index (χ3v) is 5.03. The van der Waals surface area contributed by atoms with Crippen molar-refractivity contribution in [2.75, 3.05) is 0 Å². The second-order valence-electron chi connectivity index (χ2n) is 7.48. The minimum Gasteiger partial charge on any atom is -0.508 e. The maximum absolute atomic E-state index is 11.2. The van der Waals surface area contributed by atoms with Crippen molar-refractivity contribution in [2.45, 2.75) is 96.8 Å². The van der Waals surface area contributed by atoms with E-state index in [1.54, 1.807) is 6.07 Å². The molecule has 0 atom stereocenters. The summed E-state index contributed by atoms with van der Waals surface area (Å²) in [7, 11) is 0. The topological polar surface area (TPSA) is 57.5 Å². The van der Waals surface area contributed by atoms with Gasteiger partial charge in [0.2, 0.25) is 0 Å². The van der Waals surface area contributed by atoms with Crippen molar-refractivity contribution in [3.8, 4) is 5.75 Å². The van der Waals surface area contributed by atoms with Gasteiger partial charge in [0.15, 0.2) is 0 Å². The van der Waals surface area contributed by atoms with Crippen molar-refractivity contribution < 1.29 is 15.0 Å². The largest absolute Gasteiger partial charge is 0.508 e. The van der Waals surface area contributed by atoms with E-state index in [-0.39, 0.29) is 5.75 Å². The molecule has 0 spiro atoms. The lowest BCUT2D eigenvalue weighted by atomic mass is 10.00. The molecule has 0 fully saturated rings. The summed E-state index contributed by atoms with van der Waals surface area (Å²) in [5.74, 6) is -0.773. The molecule has 0 saturated heterocycles. The summed E-state index contributed by atoms with van der Waals surface area (Å²) in [6, 6.07) is 4.52. The molecule has 0 heterocycles. The minimum atomic E-state index is -0.917. The minimum absolute atomic E-state index is 0.144. The van der Waals surface area contributed by atoms with Gasteiger partial charge >= 0.3 is 5.97 Å². The van der Waals surface area contributed by atoms with Crippen LogP contribution in [0, 0.1) is 0 Å². The molecular weight excluding hydrogens is 336 g/mol. The second kappa shape index (κ2) is 15.3. The molecule has 152 valence electrons. The van der Waals surface area contributed by atoms with E-state index in [1.807, 2.05) is 0 Å². The molecule has 0 bridgehead atoms. The first-order valence-electron chi connectivity index (χ1n) is 10.8. The Balaban J connectivity index is 1.99. The lowest BCUT2D eigenvalue weighted by molar-refractivity contribution is 0.0695. The van der Waals surface area contributed by atoms with E-state index in [9.17, 15) is 15.0 Å². The zero-order valence-electron chi connectivity index (χ0n) is 17.1. The fourth-order valence-corrected chi connectivity index (χ4v) is 3.38. The number of aromatic carboxylic acids is 1. The highest BCUT2D eigenvalue weighted by Gasteiger charge is 2.10. The lowest BCUT2D eigenvalue weighted by Crippen LogP contribution is -2.02. The second-order valence-corrected chi connectivity index (χ2v) is 7.48. The molecule has 0 aliphatic carbocycles. The number of carboxylic acid groups (broad SMARTS) is 1. The maximum Gasteiger partial charge on any atom is 0.335 e. The molecule has 3 heteroatoms. The number of rotatable bonds is 16. The summed E-state index contributed by atoms with van der Waals surface area (Å²) in [4.78, 5) is 11.2. The smallest absolute Gasteiger partial charge is 0.335 e. The first-order chi connectivity index (χ1) is 13.1. The number of aromatic hydroxyl groups is 1. The van der Waals surface area contributed by atoms with Gasteiger partial charge in [0.1, 0.15) is 5.75 Å². The molecule has 1 rings (SSSR count). The Labute approximate surface area is 165 Å². The highest BCUT2D eigenvalue weighted by atomic mass is 16.4. The van der Waals surface area contributed by atoms with E-state index in [0.717, 1.165) is 24.8 Å². The number of allylic oxidation sites excluding steroid dienone is 2. The van der Waals surface area contributed by atoms with Crippen LogP contribution < -0.4 is 0 Å². The van der Waals surface area contributed by atoms with Gasteiger partial charge in [-0.25, -0.2) is 4.79 Å². The molecule has 2 N–H and O–H groups in total. The normalized spacial score (nSPS) is 11.3. The van der Waals surface area contributed by atoms with Crippen LogP contribution >= 0.6 is 0 Å². The summed E-state index contributed by atoms with van der Waals surface area (Å²) >= 11 is 0. The Kier molecular flexibility index (Phi) is 13.2. The Morgan fingerprint density at radius 2 is 1.41 bits per heavy atom. The van der Waals surface area contributed by atoms with Gasteiger partial charge in [0.05, 0.1) is 5.56 Å². The quantitative estimate of drug-likeness (QED) is 0.236. The van der Waals surface area contributed by atoms with Crippen LogP contribution in [0.2, 0.25) is 0 Å². The zero-order valence-corrected chi connectivity index (χ0v) is 17.1. The number of carbonyl (C=O) groups is 1. The van der Waals surface area contributed by atoms with E-state index in [4.69, 9.17) is 0 Å². The molecule has 1 aromatic carbocycles. The first-order valence-corrected chi connectivity index (χ1v) is 10.8. The molecule has 0 aliphatic rings. The SMILES string of the molecule is CCCCCC/C=C/CCCCCCCCCc1cc(O)ccc1C(=O)O. The number of carboxylic acids is 1. The van der Waals surface area contributed by atoms with Crippen LogP contribution in [0.25, 0.3) is 0 Å². The van der Waals surface area contributed by atoms with E-state index in [0.29, 0.717) is 5.56 Å². The fourth-order valence-electron chi connectivity index (χ4n) is 3.38. The van der Waals surface area contributed by atoms with Gasteiger partial charge in [-0.05, 0) is 62.3 Å². The third-order valence-electron chi connectivity index (χ3n) is 5.03. The van der Waals surface area contributed by atoms with Crippen molar-refractivity contribution >= 4 is 5.97 Å². The molecule has 0 aromatic heterocycles. The van der Waals surface area contributed by atoms with Crippen molar-refractivity contribution in [3.05, 3.63) is 41.5 Å². The lowest BCUT2D eigenvalue weighted by Gasteiger charge is -2.07. The molecular formula is C24H38O3. The Morgan fingerprint density at radius 1 is 0.852 bits per heavy atom. The highest BCUT2D eigenvalue weighted by molar-refractivity contribution is 5.89. The van der Waals surface area contributed by atoms with Crippen LogP contribution in [-0.2, 0) is 6.42 Å². The summed E-state index contributed by atoms with van der Waals surface area (Å²) in [5.41, 5.74) is 1.05.